The van der Waals surface area contributed by atoms with Crippen LogP contribution >= 0.6 is 0 Å². The van der Waals surface area contributed by atoms with E-state index in [4.69, 9.17) is 0 Å². The molecule has 152 valence electrons. The second-order valence-electron chi connectivity index (χ2n) is 8.34. The molecule has 0 N–H and O–H groups in total. The summed E-state index contributed by atoms with van der Waals surface area (Å²) in [7, 11) is -3.27. The van der Waals surface area contributed by atoms with Crippen molar-refractivity contribution in [1.29, 1.82) is 0 Å². The van der Waals surface area contributed by atoms with E-state index in [1.807, 2.05) is 4.90 Å². The third-order valence-electron chi connectivity index (χ3n) is 5.60. The fraction of sp³-hybridized carbons (Fsp3) is 0.947. The van der Waals surface area contributed by atoms with Gasteiger partial charge >= 0.3 is 0 Å². The fourth-order valence-corrected chi connectivity index (χ4v) is 5.16. The van der Waals surface area contributed by atoms with Crippen molar-refractivity contribution in [1.82, 2.24) is 14.1 Å². The zero-order valence-corrected chi connectivity index (χ0v) is 17.6. The lowest BCUT2D eigenvalue weighted by atomic mass is 10.0. The summed E-state index contributed by atoms with van der Waals surface area (Å²) < 4.78 is 26.5. The monoisotopic (exact) mass is 387 g/mol. The average Bonchev–Trinajstić information content (AvgIpc) is 2.60. The first-order chi connectivity index (χ1) is 12.3. The summed E-state index contributed by atoms with van der Waals surface area (Å²) in [5.41, 5.74) is 0. The molecule has 0 bridgehead atoms. The van der Waals surface area contributed by atoms with Crippen molar-refractivity contribution in [3.63, 3.8) is 0 Å². The minimum atomic E-state index is -3.27. The fourth-order valence-electron chi connectivity index (χ4n) is 4.03. The topological polar surface area (TPSA) is 60.9 Å². The van der Waals surface area contributed by atoms with E-state index in [0.29, 0.717) is 25.4 Å². The molecule has 2 fully saturated rings. The Morgan fingerprint density at radius 1 is 1.12 bits per heavy atom. The molecular weight excluding hydrogens is 350 g/mol. The van der Waals surface area contributed by atoms with E-state index < -0.39 is 10.0 Å². The van der Waals surface area contributed by atoms with Gasteiger partial charge in [0.25, 0.3) is 0 Å². The minimum Gasteiger partial charge on any atom is -0.341 e. The van der Waals surface area contributed by atoms with E-state index in [1.165, 1.54) is 25.5 Å². The maximum Gasteiger partial charge on any atom is 0.222 e. The number of hydrogen-bond donors (Lipinski definition) is 0. The number of piperidine rings is 2. The van der Waals surface area contributed by atoms with Gasteiger partial charge in [-0.2, -0.15) is 4.31 Å². The Hall–Kier alpha value is -0.660. The molecule has 1 amide bonds. The summed E-state index contributed by atoms with van der Waals surface area (Å²) in [6.07, 6.45) is 8.20. The predicted octanol–water partition coefficient (Wildman–Crippen LogP) is 2.16. The Kier molecular flexibility index (Phi) is 8.36. The van der Waals surface area contributed by atoms with Crippen molar-refractivity contribution in [3.8, 4) is 0 Å². The van der Waals surface area contributed by atoms with Crippen LogP contribution in [0.4, 0.5) is 0 Å². The predicted molar refractivity (Wildman–Crippen MR) is 106 cm³/mol. The maximum atomic E-state index is 12.5. The molecule has 0 aromatic rings. The summed E-state index contributed by atoms with van der Waals surface area (Å²) >= 11 is 0. The van der Waals surface area contributed by atoms with Gasteiger partial charge in [0.2, 0.25) is 15.9 Å². The Balaban J connectivity index is 1.94. The molecule has 1 atom stereocenters. The second kappa shape index (κ2) is 10.0. The first kappa shape index (κ1) is 21.6. The molecule has 6 nitrogen and oxygen atoms in total. The molecule has 1 unspecified atom stereocenters. The third kappa shape index (κ3) is 6.82. The van der Waals surface area contributed by atoms with Gasteiger partial charge in [0.05, 0.1) is 6.26 Å². The maximum absolute atomic E-state index is 12.5. The Morgan fingerprint density at radius 2 is 1.81 bits per heavy atom. The number of rotatable bonds is 8. The van der Waals surface area contributed by atoms with E-state index in [2.05, 4.69) is 18.7 Å². The van der Waals surface area contributed by atoms with Crippen LogP contribution in [0.25, 0.3) is 0 Å². The van der Waals surface area contributed by atoms with Crippen molar-refractivity contribution in [3.05, 3.63) is 0 Å². The summed E-state index contributed by atoms with van der Waals surface area (Å²) in [5, 5.41) is 0. The molecule has 0 radical (unpaired) electrons. The SMILES string of the molecule is CC(C)CCC(=O)N1CCCC(N(CCN2CCCCC2)S(C)(=O)=O)C1. The minimum absolute atomic E-state index is 0.0773. The number of sulfonamides is 1. The molecule has 7 heteroatoms. The highest BCUT2D eigenvalue weighted by molar-refractivity contribution is 7.88. The standard InChI is InChI=1S/C19H37N3O3S/c1-17(2)9-10-19(23)21-13-7-8-18(16-21)22(26(3,24)25)15-14-20-11-5-4-6-12-20/h17-18H,4-16H2,1-3H3. The van der Waals surface area contributed by atoms with Crippen molar-refractivity contribution in [2.75, 3.05) is 45.5 Å². The lowest BCUT2D eigenvalue weighted by Gasteiger charge is -2.39. The van der Waals surface area contributed by atoms with Crippen LogP contribution in [0.15, 0.2) is 0 Å². The highest BCUT2D eigenvalue weighted by Crippen LogP contribution is 2.20. The first-order valence-electron chi connectivity index (χ1n) is 10.2. The van der Waals surface area contributed by atoms with Crippen LogP contribution in [0.3, 0.4) is 0 Å². The van der Waals surface area contributed by atoms with Gasteiger partial charge in [-0.3, -0.25) is 4.79 Å². The number of nitrogens with zero attached hydrogens (tertiary/aromatic N) is 3. The zero-order chi connectivity index (χ0) is 19.2. The number of amides is 1. The van der Waals surface area contributed by atoms with Gasteiger partial charge in [0, 0.05) is 38.6 Å². The Bertz CT molecular complexity index is 544. The lowest BCUT2D eigenvalue weighted by molar-refractivity contribution is -0.133. The lowest BCUT2D eigenvalue weighted by Crippen LogP contribution is -2.53. The summed E-state index contributed by atoms with van der Waals surface area (Å²) in [5.74, 6) is 0.685. The van der Waals surface area contributed by atoms with Crippen molar-refractivity contribution in [2.45, 2.75) is 64.8 Å². The van der Waals surface area contributed by atoms with Crippen LogP contribution in [0.2, 0.25) is 0 Å². The van der Waals surface area contributed by atoms with E-state index in [0.717, 1.165) is 45.4 Å². The molecule has 2 aliphatic rings. The van der Waals surface area contributed by atoms with Gasteiger partial charge in [-0.15, -0.1) is 0 Å². The van der Waals surface area contributed by atoms with Gasteiger partial charge in [-0.1, -0.05) is 20.3 Å². The molecule has 0 spiro atoms. The molecule has 0 aliphatic carbocycles. The van der Waals surface area contributed by atoms with Gasteiger partial charge < -0.3 is 9.80 Å². The highest BCUT2D eigenvalue weighted by atomic mass is 32.2. The molecule has 0 aromatic carbocycles. The van der Waals surface area contributed by atoms with Gasteiger partial charge in [0.15, 0.2) is 0 Å². The van der Waals surface area contributed by atoms with E-state index in [1.54, 1.807) is 4.31 Å². The van der Waals surface area contributed by atoms with Crippen LogP contribution in [-0.2, 0) is 14.8 Å². The zero-order valence-electron chi connectivity index (χ0n) is 16.8. The molecule has 2 saturated heterocycles. The van der Waals surface area contributed by atoms with Crippen molar-refractivity contribution in [2.24, 2.45) is 5.92 Å². The van der Waals surface area contributed by atoms with Gasteiger partial charge in [0.1, 0.15) is 0 Å². The molecule has 2 aliphatic heterocycles. The molecule has 2 heterocycles. The van der Waals surface area contributed by atoms with Crippen LogP contribution in [0.1, 0.15) is 58.8 Å². The van der Waals surface area contributed by atoms with Crippen LogP contribution in [-0.4, -0.2) is 80.0 Å². The van der Waals surface area contributed by atoms with Crippen LogP contribution in [0.5, 0.6) is 0 Å². The number of carbonyl (C=O) groups is 1. The van der Waals surface area contributed by atoms with E-state index >= 15 is 0 Å². The van der Waals surface area contributed by atoms with Crippen LogP contribution < -0.4 is 0 Å². The average molecular weight is 388 g/mol. The second-order valence-corrected chi connectivity index (χ2v) is 10.3. The molecule has 2 rings (SSSR count). The van der Waals surface area contributed by atoms with Crippen LogP contribution in [0, 0.1) is 5.92 Å². The molecule has 0 saturated carbocycles. The number of hydrogen-bond acceptors (Lipinski definition) is 4. The first-order valence-corrected chi connectivity index (χ1v) is 12.1. The molecular formula is C19H37N3O3S. The van der Waals surface area contributed by atoms with Gasteiger partial charge in [-0.05, 0) is 51.1 Å². The summed E-state index contributed by atoms with van der Waals surface area (Å²) in [4.78, 5) is 16.7. The largest absolute Gasteiger partial charge is 0.341 e. The molecule has 0 aromatic heterocycles. The molecule has 26 heavy (non-hydrogen) atoms. The summed E-state index contributed by atoms with van der Waals surface area (Å²) in [6, 6.07) is -0.0773. The normalized spacial score (nSPS) is 23.0. The quantitative estimate of drug-likeness (QED) is 0.640. The van der Waals surface area contributed by atoms with Crippen molar-refractivity contribution >= 4 is 15.9 Å². The van der Waals surface area contributed by atoms with Crippen molar-refractivity contribution < 1.29 is 13.2 Å². The third-order valence-corrected chi connectivity index (χ3v) is 6.94. The smallest absolute Gasteiger partial charge is 0.222 e. The van der Waals surface area contributed by atoms with E-state index in [-0.39, 0.29) is 11.9 Å². The number of likely N-dealkylation sites (tertiary alicyclic amines) is 2. The number of carbonyl (C=O) groups excluding carboxylic acids is 1. The summed E-state index contributed by atoms with van der Waals surface area (Å²) in [6.45, 7) is 9.03. The van der Waals surface area contributed by atoms with Gasteiger partial charge in [-0.25, -0.2) is 8.42 Å². The van der Waals surface area contributed by atoms with E-state index in [9.17, 15) is 13.2 Å². The Morgan fingerprint density at radius 3 is 2.42 bits per heavy atom. The Labute approximate surface area is 159 Å². The highest BCUT2D eigenvalue weighted by Gasteiger charge is 2.32.